The van der Waals surface area contributed by atoms with Gasteiger partial charge < -0.3 is 4.57 Å². The number of rotatable bonds is 1. The summed E-state index contributed by atoms with van der Waals surface area (Å²) in [7, 11) is -6.07. The van der Waals surface area contributed by atoms with Crippen LogP contribution in [-0.4, -0.2) is 18.0 Å². The summed E-state index contributed by atoms with van der Waals surface area (Å²) in [5, 5.41) is 0. The van der Waals surface area contributed by atoms with E-state index in [9.17, 15) is 30.9 Å². The molecule has 12 heavy (non-hydrogen) atoms. The fourth-order valence-electron chi connectivity index (χ4n) is 0.502. The fourth-order valence-corrected chi connectivity index (χ4v) is 1.51. The monoisotopic (exact) mass is 214 g/mol. The van der Waals surface area contributed by atoms with Gasteiger partial charge in [-0.05, 0) is 0 Å². The van der Waals surface area contributed by atoms with E-state index in [1.165, 1.54) is 0 Å². The molecule has 0 amide bonds. The van der Waals surface area contributed by atoms with Gasteiger partial charge in [0.05, 0.1) is 0 Å². The van der Waals surface area contributed by atoms with Crippen LogP contribution in [0.25, 0.3) is 0 Å². The first-order valence-corrected chi connectivity index (χ1v) is 4.68. The van der Waals surface area contributed by atoms with Crippen molar-refractivity contribution in [2.75, 3.05) is 6.16 Å². The third-order valence-corrected chi connectivity index (χ3v) is 3.79. The second kappa shape index (κ2) is 2.94. The lowest BCUT2D eigenvalue weighted by Crippen LogP contribution is -2.23. The Hall–Kier alpha value is -0.190. The van der Waals surface area contributed by atoms with Gasteiger partial charge in [-0.15, -0.1) is 0 Å². The summed E-state index contributed by atoms with van der Waals surface area (Å²) < 4.78 is 80.1. The Morgan fingerprint density at radius 1 is 1.00 bits per heavy atom. The summed E-state index contributed by atoms with van der Waals surface area (Å²) in [5.41, 5.74) is 0. The molecule has 0 unspecified atom stereocenters. The van der Waals surface area contributed by atoms with Crippen molar-refractivity contribution in [2.45, 2.75) is 18.8 Å². The second-order valence-electron chi connectivity index (χ2n) is 1.99. The molecule has 0 heterocycles. The zero-order valence-corrected chi connectivity index (χ0v) is 6.72. The number of halogens is 6. The van der Waals surface area contributed by atoms with Gasteiger partial charge in [0.1, 0.15) is 0 Å². The highest BCUT2D eigenvalue weighted by molar-refractivity contribution is 7.65. The Kier molecular flexibility index (Phi) is 2.89. The van der Waals surface area contributed by atoms with E-state index in [1.807, 2.05) is 0 Å². The van der Waals surface area contributed by atoms with E-state index in [0.717, 1.165) is 0 Å². The lowest BCUT2D eigenvalue weighted by molar-refractivity contribution is -0.0937. The Morgan fingerprint density at radius 3 is 1.25 bits per heavy atom. The fraction of sp³-hybridized carbons (Fsp3) is 1.00. The van der Waals surface area contributed by atoms with Crippen molar-refractivity contribution in [1.82, 2.24) is 0 Å². The zero-order chi connectivity index (χ0) is 10.2. The maximum absolute atomic E-state index is 11.6. The molecule has 0 fully saturated rings. The maximum Gasteiger partial charge on any atom is 0.448 e. The van der Waals surface area contributed by atoms with Crippen molar-refractivity contribution in [3.05, 3.63) is 0 Å². The molecule has 0 aliphatic rings. The molecule has 0 radical (unpaired) electrons. The van der Waals surface area contributed by atoms with E-state index >= 15 is 0 Å². The van der Waals surface area contributed by atoms with Crippen molar-refractivity contribution < 1.29 is 30.9 Å². The lowest BCUT2D eigenvalue weighted by Gasteiger charge is -2.21. The first-order chi connectivity index (χ1) is 5.06. The van der Waals surface area contributed by atoms with Crippen LogP contribution in [0.15, 0.2) is 0 Å². The molecule has 0 N–H and O–H groups in total. The molecule has 0 aromatic heterocycles. The van der Waals surface area contributed by atoms with Gasteiger partial charge in [0.25, 0.3) is 7.14 Å². The molecule has 0 aliphatic carbocycles. The van der Waals surface area contributed by atoms with Crippen LogP contribution in [0.4, 0.5) is 26.3 Å². The molecule has 0 aromatic rings. The van der Waals surface area contributed by atoms with Gasteiger partial charge in [0.15, 0.2) is 0 Å². The Balaban J connectivity index is 5.11. The molecule has 0 aromatic carbocycles. The Morgan fingerprint density at radius 2 is 1.25 bits per heavy atom. The summed E-state index contributed by atoms with van der Waals surface area (Å²) in [6.45, 7) is 0.599. The van der Waals surface area contributed by atoms with Crippen molar-refractivity contribution >= 4 is 7.14 Å². The molecule has 74 valence electrons. The van der Waals surface area contributed by atoms with E-state index in [1.54, 1.807) is 0 Å². The van der Waals surface area contributed by atoms with E-state index in [0.29, 0.717) is 6.92 Å². The van der Waals surface area contributed by atoms with Crippen LogP contribution < -0.4 is 0 Å². The lowest BCUT2D eigenvalue weighted by atomic mass is 11.0. The number of hydrogen-bond acceptors (Lipinski definition) is 1. The largest absolute Gasteiger partial charge is 0.448 e. The van der Waals surface area contributed by atoms with Crippen LogP contribution in [0.5, 0.6) is 0 Å². The van der Waals surface area contributed by atoms with Gasteiger partial charge in [-0.3, -0.25) is 0 Å². The summed E-state index contributed by atoms with van der Waals surface area (Å²) >= 11 is 0. The molecule has 0 bridgehead atoms. The zero-order valence-electron chi connectivity index (χ0n) is 5.83. The van der Waals surface area contributed by atoms with Gasteiger partial charge in [0, 0.05) is 6.16 Å². The summed E-state index contributed by atoms with van der Waals surface area (Å²) in [6.07, 6.45) is -1.44. The average molecular weight is 214 g/mol. The van der Waals surface area contributed by atoms with E-state index in [4.69, 9.17) is 0 Å². The highest BCUT2D eigenvalue weighted by Gasteiger charge is 2.66. The van der Waals surface area contributed by atoms with Crippen LogP contribution in [0.2, 0.25) is 0 Å². The molecule has 0 aliphatic heterocycles. The van der Waals surface area contributed by atoms with Crippen molar-refractivity contribution in [2.24, 2.45) is 0 Å². The third-order valence-electron chi connectivity index (χ3n) is 1.26. The summed E-state index contributed by atoms with van der Waals surface area (Å²) in [5.74, 6) is -11.4. The molecule has 8 heteroatoms. The second-order valence-corrected chi connectivity index (χ2v) is 5.12. The summed E-state index contributed by atoms with van der Waals surface area (Å²) in [4.78, 5) is 0. The molecule has 1 nitrogen and oxygen atoms in total. The van der Waals surface area contributed by atoms with Crippen LogP contribution in [-0.2, 0) is 4.57 Å². The molecule has 0 spiro atoms. The normalized spacial score (nSPS) is 14.9. The summed E-state index contributed by atoms with van der Waals surface area (Å²) in [6, 6.07) is 0. The standard InChI is InChI=1S/C4H5F6OP/c1-2-12(11,3(5,6)7)4(8,9)10/h2H2,1H3. The van der Waals surface area contributed by atoms with Crippen molar-refractivity contribution in [3.8, 4) is 0 Å². The minimum atomic E-state index is -6.07. The van der Waals surface area contributed by atoms with Gasteiger partial charge in [-0.2, -0.15) is 26.3 Å². The Labute approximate surface area is 64.1 Å². The first kappa shape index (κ1) is 11.8. The van der Waals surface area contributed by atoms with Crippen molar-refractivity contribution in [1.29, 1.82) is 0 Å². The molecule has 0 rings (SSSR count). The minimum Gasteiger partial charge on any atom is -0.304 e. The van der Waals surface area contributed by atoms with E-state index in [-0.39, 0.29) is 0 Å². The number of alkyl halides is 6. The minimum absolute atomic E-state index is 0.599. The van der Waals surface area contributed by atoms with E-state index < -0.39 is 25.1 Å². The average Bonchev–Trinajstić information content (AvgIpc) is 1.81. The Bertz CT molecular complexity index is 185. The maximum atomic E-state index is 11.6. The number of hydrogen-bond donors (Lipinski definition) is 0. The van der Waals surface area contributed by atoms with Gasteiger partial charge >= 0.3 is 11.8 Å². The smallest absolute Gasteiger partial charge is 0.304 e. The third kappa shape index (κ3) is 1.76. The van der Waals surface area contributed by atoms with Gasteiger partial charge in [0.2, 0.25) is 0 Å². The van der Waals surface area contributed by atoms with E-state index in [2.05, 4.69) is 0 Å². The van der Waals surface area contributed by atoms with Crippen LogP contribution in [0.1, 0.15) is 6.92 Å². The van der Waals surface area contributed by atoms with Gasteiger partial charge in [-0.1, -0.05) is 6.92 Å². The van der Waals surface area contributed by atoms with Gasteiger partial charge in [-0.25, -0.2) is 0 Å². The highest BCUT2D eigenvalue weighted by Crippen LogP contribution is 2.70. The predicted octanol–water partition coefficient (Wildman–Crippen LogP) is 3.41. The molecular weight excluding hydrogens is 209 g/mol. The molecule has 0 atom stereocenters. The predicted molar refractivity (Wildman–Crippen MR) is 30.3 cm³/mol. The first-order valence-electron chi connectivity index (χ1n) is 2.79. The SMILES string of the molecule is CCP(=O)(C(F)(F)F)C(F)(F)F. The topological polar surface area (TPSA) is 17.1 Å². The van der Waals surface area contributed by atoms with Crippen LogP contribution in [0.3, 0.4) is 0 Å². The molecule has 0 saturated heterocycles. The molecular formula is C4H5F6OP. The quantitative estimate of drug-likeness (QED) is 0.482. The van der Waals surface area contributed by atoms with Crippen molar-refractivity contribution in [3.63, 3.8) is 0 Å². The highest BCUT2D eigenvalue weighted by atomic mass is 31.2. The molecule has 0 saturated carbocycles. The van der Waals surface area contributed by atoms with Crippen LogP contribution in [0, 0.1) is 0 Å². The van der Waals surface area contributed by atoms with Crippen LogP contribution >= 0.6 is 7.14 Å².